The van der Waals surface area contributed by atoms with E-state index >= 15 is 0 Å². The number of nitrogens with one attached hydrogen (secondary N) is 2. The largest absolute Gasteiger partial charge is 0.330 e. The van der Waals surface area contributed by atoms with Crippen LogP contribution in [-0.2, 0) is 6.42 Å². The summed E-state index contributed by atoms with van der Waals surface area (Å²) in [5.74, 6) is 0. The Morgan fingerprint density at radius 3 is 2.71 bits per heavy atom. The van der Waals surface area contributed by atoms with E-state index in [9.17, 15) is 0 Å². The van der Waals surface area contributed by atoms with Crippen molar-refractivity contribution < 1.29 is 0 Å². The predicted octanol–water partition coefficient (Wildman–Crippen LogP) is 4.29. The molecule has 17 heavy (non-hydrogen) atoms. The Kier molecular flexibility index (Phi) is 4.28. The first-order valence-corrected chi connectivity index (χ1v) is 6.92. The fraction of sp³-hybridized carbons (Fsp3) is 0.333. The van der Waals surface area contributed by atoms with Crippen LogP contribution < -0.4 is 5.32 Å². The van der Waals surface area contributed by atoms with Crippen LogP contribution in [0.5, 0.6) is 0 Å². The molecule has 2 N–H and O–H groups in total. The highest BCUT2D eigenvalue weighted by Gasteiger charge is 1.98. The molecule has 90 valence electrons. The third-order valence-corrected chi connectivity index (χ3v) is 3.47. The van der Waals surface area contributed by atoms with Gasteiger partial charge in [-0.25, -0.2) is 0 Å². The molecule has 0 aliphatic heterocycles. The fourth-order valence-corrected chi connectivity index (χ4v) is 2.35. The van der Waals surface area contributed by atoms with Gasteiger partial charge in [-0.1, -0.05) is 36.8 Å². The molecule has 0 spiro atoms. The summed E-state index contributed by atoms with van der Waals surface area (Å²) in [6.07, 6.45) is 3.63. The first kappa shape index (κ1) is 12.3. The third kappa shape index (κ3) is 3.64. The maximum absolute atomic E-state index is 4.98. The summed E-state index contributed by atoms with van der Waals surface area (Å²) in [5.41, 5.74) is 2.43. The van der Waals surface area contributed by atoms with Crippen LogP contribution in [0.3, 0.4) is 0 Å². The summed E-state index contributed by atoms with van der Waals surface area (Å²) in [7, 11) is 0. The van der Waals surface area contributed by atoms with Crippen molar-refractivity contribution >= 4 is 34.4 Å². The SMILES string of the molecule is CCCCc1ccc(Nc2n[nH]c(=S)s2)cc1. The normalized spacial score (nSPS) is 10.4. The van der Waals surface area contributed by atoms with Crippen LogP contribution in [0, 0.1) is 3.95 Å². The number of aromatic amines is 1. The van der Waals surface area contributed by atoms with Gasteiger partial charge in [0.1, 0.15) is 0 Å². The molecule has 0 unspecified atom stereocenters. The molecule has 2 aromatic rings. The zero-order valence-electron chi connectivity index (χ0n) is 9.69. The number of benzene rings is 1. The Hall–Kier alpha value is -1.20. The van der Waals surface area contributed by atoms with Gasteiger partial charge in [-0.2, -0.15) is 0 Å². The minimum Gasteiger partial charge on any atom is -0.330 e. The zero-order valence-corrected chi connectivity index (χ0v) is 11.3. The molecule has 0 bridgehead atoms. The molecule has 0 radical (unpaired) electrons. The standard InChI is InChI=1S/C12H15N3S2/c1-2-3-4-9-5-7-10(8-6-9)13-11-14-15-12(16)17-11/h5-8H,2-4H2,1H3,(H,13,14)(H,15,16). The number of hydrogen-bond donors (Lipinski definition) is 2. The summed E-state index contributed by atoms with van der Waals surface area (Å²) >= 11 is 6.42. The molecule has 0 fully saturated rings. The molecule has 1 aromatic carbocycles. The molecule has 0 aliphatic carbocycles. The van der Waals surface area contributed by atoms with E-state index in [1.807, 2.05) is 0 Å². The molecule has 0 atom stereocenters. The van der Waals surface area contributed by atoms with E-state index < -0.39 is 0 Å². The van der Waals surface area contributed by atoms with E-state index in [4.69, 9.17) is 12.2 Å². The van der Waals surface area contributed by atoms with E-state index in [-0.39, 0.29) is 0 Å². The smallest absolute Gasteiger partial charge is 0.208 e. The lowest BCUT2D eigenvalue weighted by atomic mass is 10.1. The topological polar surface area (TPSA) is 40.7 Å². The first-order valence-electron chi connectivity index (χ1n) is 5.69. The second kappa shape index (κ2) is 5.93. The highest BCUT2D eigenvalue weighted by atomic mass is 32.1. The highest BCUT2D eigenvalue weighted by Crippen LogP contribution is 2.19. The molecule has 2 rings (SSSR count). The van der Waals surface area contributed by atoms with Crippen molar-refractivity contribution in [3.63, 3.8) is 0 Å². The van der Waals surface area contributed by atoms with Crippen LogP contribution in [0.25, 0.3) is 0 Å². The Bertz CT molecular complexity index is 513. The van der Waals surface area contributed by atoms with Crippen molar-refractivity contribution in [2.45, 2.75) is 26.2 Å². The van der Waals surface area contributed by atoms with Gasteiger partial charge >= 0.3 is 0 Å². The second-order valence-electron chi connectivity index (χ2n) is 3.84. The summed E-state index contributed by atoms with van der Waals surface area (Å²) in [6.45, 7) is 2.21. The number of H-pyrrole nitrogens is 1. The van der Waals surface area contributed by atoms with E-state index in [1.54, 1.807) is 0 Å². The number of unbranched alkanes of at least 4 members (excludes halogenated alkanes) is 1. The van der Waals surface area contributed by atoms with E-state index in [1.165, 1.54) is 29.7 Å². The average molecular weight is 265 g/mol. The van der Waals surface area contributed by atoms with Crippen molar-refractivity contribution in [3.8, 4) is 0 Å². The third-order valence-electron chi connectivity index (χ3n) is 2.46. The van der Waals surface area contributed by atoms with Crippen LogP contribution in [0.2, 0.25) is 0 Å². The minimum atomic E-state index is 0.687. The van der Waals surface area contributed by atoms with Crippen molar-refractivity contribution in [3.05, 3.63) is 33.8 Å². The molecular weight excluding hydrogens is 250 g/mol. The van der Waals surface area contributed by atoms with Gasteiger partial charge < -0.3 is 5.32 Å². The molecular formula is C12H15N3S2. The highest BCUT2D eigenvalue weighted by molar-refractivity contribution is 7.73. The van der Waals surface area contributed by atoms with Gasteiger partial charge in [0.25, 0.3) is 0 Å². The van der Waals surface area contributed by atoms with Crippen LogP contribution in [0.4, 0.5) is 10.8 Å². The summed E-state index contributed by atoms with van der Waals surface area (Å²) < 4.78 is 0.687. The van der Waals surface area contributed by atoms with Crippen LogP contribution in [0.15, 0.2) is 24.3 Å². The lowest BCUT2D eigenvalue weighted by Gasteiger charge is -2.04. The van der Waals surface area contributed by atoms with Gasteiger partial charge in [0, 0.05) is 5.69 Å². The van der Waals surface area contributed by atoms with Gasteiger partial charge in [0.05, 0.1) is 0 Å². The second-order valence-corrected chi connectivity index (χ2v) is 5.51. The quantitative estimate of drug-likeness (QED) is 0.792. The maximum atomic E-state index is 4.98. The molecule has 1 heterocycles. The number of aromatic nitrogens is 2. The fourth-order valence-electron chi connectivity index (χ4n) is 1.54. The van der Waals surface area contributed by atoms with Gasteiger partial charge in [0.2, 0.25) is 5.13 Å². The maximum Gasteiger partial charge on any atom is 0.208 e. The van der Waals surface area contributed by atoms with Gasteiger partial charge in [0.15, 0.2) is 3.95 Å². The van der Waals surface area contributed by atoms with E-state index in [0.717, 1.165) is 17.2 Å². The van der Waals surface area contributed by atoms with Gasteiger partial charge in [-0.3, -0.25) is 5.10 Å². The Balaban J connectivity index is 2.00. The van der Waals surface area contributed by atoms with Crippen molar-refractivity contribution in [1.82, 2.24) is 10.2 Å². The summed E-state index contributed by atoms with van der Waals surface area (Å²) in [4.78, 5) is 0. The number of anilines is 2. The van der Waals surface area contributed by atoms with Crippen molar-refractivity contribution in [2.24, 2.45) is 0 Å². The van der Waals surface area contributed by atoms with Crippen molar-refractivity contribution in [1.29, 1.82) is 0 Å². The molecule has 0 saturated heterocycles. The number of hydrogen-bond acceptors (Lipinski definition) is 4. The Labute approximate surface area is 110 Å². The first-order chi connectivity index (χ1) is 8.28. The van der Waals surface area contributed by atoms with Gasteiger partial charge in [-0.05, 0) is 42.8 Å². The minimum absolute atomic E-state index is 0.687. The lowest BCUT2D eigenvalue weighted by Crippen LogP contribution is -1.90. The lowest BCUT2D eigenvalue weighted by molar-refractivity contribution is 0.795. The zero-order chi connectivity index (χ0) is 12.1. The molecule has 1 aromatic heterocycles. The summed E-state index contributed by atoms with van der Waals surface area (Å²) in [6, 6.07) is 8.47. The van der Waals surface area contributed by atoms with Gasteiger partial charge in [-0.15, -0.1) is 5.10 Å². The molecule has 0 saturated carbocycles. The predicted molar refractivity (Wildman–Crippen MR) is 75.6 cm³/mol. The molecule has 0 aliphatic rings. The number of aryl methyl sites for hydroxylation is 1. The average Bonchev–Trinajstić information content (AvgIpc) is 2.74. The Morgan fingerprint density at radius 1 is 1.35 bits per heavy atom. The number of rotatable bonds is 5. The van der Waals surface area contributed by atoms with E-state index in [2.05, 4.69) is 46.7 Å². The van der Waals surface area contributed by atoms with E-state index in [0.29, 0.717) is 3.95 Å². The number of nitrogens with zero attached hydrogens (tertiary/aromatic N) is 1. The molecule has 0 amide bonds. The van der Waals surface area contributed by atoms with Crippen LogP contribution in [0.1, 0.15) is 25.3 Å². The van der Waals surface area contributed by atoms with Crippen LogP contribution in [-0.4, -0.2) is 10.2 Å². The summed E-state index contributed by atoms with van der Waals surface area (Å²) in [5, 5.41) is 10.8. The molecule has 3 nitrogen and oxygen atoms in total. The van der Waals surface area contributed by atoms with Crippen molar-refractivity contribution in [2.75, 3.05) is 5.32 Å². The molecule has 5 heteroatoms. The Morgan fingerprint density at radius 2 is 2.12 bits per heavy atom. The monoisotopic (exact) mass is 265 g/mol. The van der Waals surface area contributed by atoms with Crippen LogP contribution >= 0.6 is 23.6 Å².